The van der Waals surface area contributed by atoms with Crippen molar-refractivity contribution < 1.29 is 28.7 Å². The zero-order valence-electron chi connectivity index (χ0n) is 20.5. The minimum absolute atomic E-state index is 0.0747. The monoisotopic (exact) mass is 505 g/mol. The van der Waals surface area contributed by atoms with Crippen molar-refractivity contribution in [2.45, 2.75) is 6.92 Å². The van der Waals surface area contributed by atoms with Gasteiger partial charge in [0.2, 0.25) is 0 Å². The third-order valence-corrected chi connectivity index (χ3v) is 6.18. The number of carbonyl (C=O) groups excluding carboxylic acids is 4. The van der Waals surface area contributed by atoms with E-state index < -0.39 is 24.4 Å². The van der Waals surface area contributed by atoms with Crippen molar-refractivity contribution in [1.82, 2.24) is 0 Å². The predicted molar refractivity (Wildman–Crippen MR) is 142 cm³/mol. The molecule has 0 bridgehead atoms. The minimum Gasteiger partial charge on any atom is -0.494 e. The molecule has 0 fully saturated rings. The minimum atomic E-state index is -0.762. The average Bonchev–Trinajstić information content (AvgIpc) is 3.21. The molecule has 5 rings (SSSR count). The number of ketones is 1. The molecule has 0 aliphatic carbocycles. The van der Waals surface area contributed by atoms with Crippen LogP contribution in [0.1, 0.15) is 48.4 Å². The van der Waals surface area contributed by atoms with Crippen molar-refractivity contribution in [2.75, 3.05) is 18.1 Å². The summed E-state index contributed by atoms with van der Waals surface area (Å²) < 4.78 is 10.6. The van der Waals surface area contributed by atoms with E-state index in [0.29, 0.717) is 23.6 Å². The summed E-state index contributed by atoms with van der Waals surface area (Å²) in [7, 11) is 0. The SMILES string of the molecule is CCOc1ccc(N2C(=O)c3ccc(C(=O)OCC(=O)c4ccc(-c5ccccc5)cc4)cc3C2=O)cc1. The van der Waals surface area contributed by atoms with Crippen molar-refractivity contribution in [3.63, 3.8) is 0 Å². The number of Topliss-reactive ketones (excluding diaryl/α,β-unsaturated/α-hetero) is 1. The first kappa shape index (κ1) is 24.6. The molecule has 1 aliphatic rings. The van der Waals surface area contributed by atoms with E-state index in [1.165, 1.54) is 18.2 Å². The Hall–Kier alpha value is -5.04. The van der Waals surface area contributed by atoms with Crippen LogP contribution < -0.4 is 9.64 Å². The summed E-state index contributed by atoms with van der Waals surface area (Å²) in [6.07, 6.45) is 0. The smallest absolute Gasteiger partial charge is 0.338 e. The molecule has 188 valence electrons. The molecule has 4 aromatic rings. The van der Waals surface area contributed by atoms with E-state index in [2.05, 4.69) is 0 Å². The molecule has 0 saturated carbocycles. The summed E-state index contributed by atoms with van der Waals surface area (Å²) in [6.45, 7) is 1.91. The van der Waals surface area contributed by atoms with Crippen LogP contribution in [0.5, 0.6) is 5.75 Å². The zero-order valence-corrected chi connectivity index (χ0v) is 20.5. The number of hydrogen-bond donors (Lipinski definition) is 0. The predicted octanol–water partition coefficient (Wildman–Crippen LogP) is 5.59. The second-order valence-electron chi connectivity index (χ2n) is 8.58. The average molecular weight is 506 g/mol. The van der Waals surface area contributed by atoms with Crippen molar-refractivity contribution >= 4 is 29.3 Å². The normalized spacial score (nSPS) is 12.3. The summed E-state index contributed by atoms with van der Waals surface area (Å²) in [5.41, 5.74) is 3.17. The maximum atomic E-state index is 13.0. The fourth-order valence-electron chi connectivity index (χ4n) is 4.24. The van der Waals surface area contributed by atoms with E-state index in [1.54, 1.807) is 36.4 Å². The van der Waals surface area contributed by atoms with Gasteiger partial charge in [0.05, 0.1) is 29.0 Å². The number of carbonyl (C=O) groups is 4. The molecule has 7 nitrogen and oxygen atoms in total. The van der Waals surface area contributed by atoms with E-state index in [1.807, 2.05) is 49.4 Å². The number of ether oxygens (including phenoxy) is 2. The van der Waals surface area contributed by atoms with Gasteiger partial charge in [0.25, 0.3) is 11.8 Å². The number of amides is 2. The van der Waals surface area contributed by atoms with Crippen LogP contribution in [-0.4, -0.2) is 36.8 Å². The largest absolute Gasteiger partial charge is 0.494 e. The second kappa shape index (κ2) is 10.5. The number of fused-ring (bicyclic) bond motifs is 1. The van der Waals surface area contributed by atoms with Gasteiger partial charge in [0, 0.05) is 5.56 Å². The quantitative estimate of drug-likeness (QED) is 0.176. The third kappa shape index (κ3) is 4.82. The fourth-order valence-corrected chi connectivity index (χ4v) is 4.24. The number of nitrogens with zero attached hydrogens (tertiary/aromatic N) is 1. The van der Waals surface area contributed by atoms with Crippen molar-refractivity contribution in [2.24, 2.45) is 0 Å². The number of rotatable bonds is 8. The van der Waals surface area contributed by atoms with Gasteiger partial charge in [-0.2, -0.15) is 0 Å². The van der Waals surface area contributed by atoms with Crippen LogP contribution in [0.4, 0.5) is 5.69 Å². The lowest BCUT2D eigenvalue weighted by Crippen LogP contribution is -2.29. The summed E-state index contributed by atoms with van der Waals surface area (Å²) >= 11 is 0. The van der Waals surface area contributed by atoms with Gasteiger partial charge in [-0.3, -0.25) is 14.4 Å². The van der Waals surface area contributed by atoms with E-state index in [0.717, 1.165) is 16.0 Å². The van der Waals surface area contributed by atoms with Crippen molar-refractivity contribution in [3.8, 4) is 16.9 Å². The zero-order chi connectivity index (χ0) is 26.6. The molecular weight excluding hydrogens is 482 g/mol. The molecule has 0 spiro atoms. The van der Waals surface area contributed by atoms with E-state index in [-0.39, 0.29) is 22.5 Å². The van der Waals surface area contributed by atoms with Gasteiger partial charge in [-0.25, -0.2) is 9.69 Å². The maximum absolute atomic E-state index is 13.0. The Bertz CT molecular complexity index is 1530. The highest BCUT2D eigenvalue weighted by Gasteiger charge is 2.37. The van der Waals surface area contributed by atoms with Crippen LogP contribution in [0.3, 0.4) is 0 Å². The standard InChI is InChI=1S/C31H23NO6/c1-2-37-25-15-13-24(14-16-25)32-29(34)26-17-12-23(18-27(26)30(32)35)31(36)38-19-28(33)22-10-8-21(9-11-22)20-6-4-3-5-7-20/h3-18H,2,19H2,1H3. The van der Waals surface area contributed by atoms with Gasteiger partial charge in [0.1, 0.15) is 5.75 Å². The van der Waals surface area contributed by atoms with Gasteiger partial charge in [-0.05, 0) is 60.5 Å². The molecule has 0 aromatic heterocycles. The van der Waals surface area contributed by atoms with Crippen molar-refractivity contribution in [3.05, 3.63) is 119 Å². The van der Waals surface area contributed by atoms with Crippen LogP contribution in [0.2, 0.25) is 0 Å². The number of esters is 1. The molecule has 0 N–H and O–H groups in total. The molecule has 0 radical (unpaired) electrons. The first-order valence-corrected chi connectivity index (χ1v) is 12.1. The molecule has 1 aliphatic heterocycles. The highest BCUT2D eigenvalue weighted by Crippen LogP contribution is 2.30. The van der Waals surface area contributed by atoms with Gasteiger partial charge in [-0.15, -0.1) is 0 Å². The van der Waals surface area contributed by atoms with Crippen LogP contribution in [-0.2, 0) is 4.74 Å². The second-order valence-corrected chi connectivity index (χ2v) is 8.58. The highest BCUT2D eigenvalue weighted by atomic mass is 16.5. The lowest BCUT2D eigenvalue weighted by atomic mass is 10.0. The van der Waals surface area contributed by atoms with Gasteiger partial charge >= 0.3 is 5.97 Å². The lowest BCUT2D eigenvalue weighted by molar-refractivity contribution is 0.0474. The molecule has 1 heterocycles. The number of anilines is 1. The topological polar surface area (TPSA) is 90.0 Å². The molecule has 2 amide bonds. The lowest BCUT2D eigenvalue weighted by Gasteiger charge is -2.14. The molecule has 7 heteroatoms. The Morgan fingerprint density at radius 3 is 2.03 bits per heavy atom. The van der Waals surface area contributed by atoms with Crippen LogP contribution in [0.25, 0.3) is 11.1 Å². The summed E-state index contributed by atoms with van der Waals surface area (Å²) in [5, 5.41) is 0. The van der Waals surface area contributed by atoms with Crippen LogP contribution in [0, 0.1) is 0 Å². The fraction of sp³-hybridized carbons (Fsp3) is 0.0968. The highest BCUT2D eigenvalue weighted by molar-refractivity contribution is 6.34. The molecule has 4 aromatic carbocycles. The van der Waals surface area contributed by atoms with Crippen LogP contribution >= 0.6 is 0 Å². The van der Waals surface area contributed by atoms with E-state index in [9.17, 15) is 19.2 Å². The molecule has 0 saturated heterocycles. The first-order chi connectivity index (χ1) is 18.5. The maximum Gasteiger partial charge on any atom is 0.338 e. The number of imide groups is 1. The Morgan fingerprint density at radius 2 is 1.34 bits per heavy atom. The number of benzene rings is 4. The van der Waals surface area contributed by atoms with Gasteiger partial charge < -0.3 is 9.47 Å². The van der Waals surface area contributed by atoms with Gasteiger partial charge in [-0.1, -0.05) is 54.6 Å². The third-order valence-electron chi connectivity index (χ3n) is 6.18. The number of hydrogen-bond acceptors (Lipinski definition) is 6. The molecule has 38 heavy (non-hydrogen) atoms. The molecule has 0 atom stereocenters. The Labute approximate surface area is 219 Å². The Kier molecular flexibility index (Phi) is 6.82. The van der Waals surface area contributed by atoms with Crippen LogP contribution in [0.15, 0.2) is 97.1 Å². The molecule has 0 unspecified atom stereocenters. The first-order valence-electron chi connectivity index (χ1n) is 12.1. The summed E-state index contributed by atoms with van der Waals surface area (Å²) in [6, 6.07) is 27.6. The summed E-state index contributed by atoms with van der Waals surface area (Å²) in [4.78, 5) is 52.2. The molecular formula is C31H23NO6. The Balaban J connectivity index is 1.25. The van der Waals surface area contributed by atoms with E-state index >= 15 is 0 Å². The Morgan fingerprint density at radius 1 is 0.711 bits per heavy atom. The van der Waals surface area contributed by atoms with Crippen molar-refractivity contribution in [1.29, 1.82) is 0 Å². The summed E-state index contributed by atoms with van der Waals surface area (Å²) in [5.74, 6) is -1.52. The van der Waals surface area contributed by atoms with Gasteiger partial charge in [0.15, 0.2) is 12.4 Å². The van der Waals surface area contributed by atoms with E-state index in [4.69, 9.17) is 9.47 Å².